The molecule has 3 rings (SSSR count). The molecule has 1 fully saturated rings. The molecule has 1 heterocycles. The molecule has 1 aliphatic rings. The van der Waals surface area contributed by atoms with Crippen molar-refractivity contribution in [2.75, 3.05) is 0 Å². The molecule has 102 valence electrons. The Labute approximate surface area is 115 Å². The van der Waals surface area contributed by atoms with E-state index in [9.17, 15) is 0 Å². The zero-order valence-corrected chi connectivity index (χ0v) is 11.9. The van der Waals surface area contributed by atoms with Crippen molar-refractivity contribution in [1.29, 1.82) is 0 Å². The first-order chi connectivity index (χ1) is 9.40. The Morgan fingerprint density at radius 2 is 1.84 bits per heavy atom. The van der Waals surface area contributed by atoms with Crippen molar-refractivity contribution < 1.29 is 0 Å². The Balaban J connectivity index is 2.05. The Kier molecular flexibility index (Phi) is 3.86. The van der Waals surface area contributed by atoms with Crippen molar-refractivity contribution in [1.82, 2.24) is 9.55 Å². The maximum absolute atomic E-state index is 4.87. The van der Waals surface area contributed by atoms with E-state index in [4.69, 9.17) is 4.98 Å². The van der Waals surface area contributed by atoms with Gasteiger partial charge in [0.2, 0.25) is 0 Å². The van der Waals surface area contributed by atoms with Gasteiger partial charge in [-0.2, -0.15) is 0 Å². The fraction of sp³-hybridized carbons (Fsp3) is 0.588. The molecular formula is C17H24N2. The maximum Gasteiger partial charge on any atom is 0.110 e. The average molecular weight is 256 g/mol. The third-order valence-corrected chi connectivity index (χ3v) is 4.33. The number of rotatable bonds is 3. The molecule has 0 radical (unpaired) electrons. The van der Waals surface area contributed by atoms with Crippen LogP contribution in [0.4, 0.5) is 0 Å². The molecule has 0 spiro atoms. The zero-order valence-electron chi connectivity index (χ0n) is 11.9. The number of nitrogens with zero attached hydrogens (tertiary/aromatic N) is 2. The summed E-state index contributed by atoms with van der Waals surface area (Å²) in [6.07, 6.45) is 10.5. The quantitative estimate of drug-likeness (QED) is 0.715. The van der Waals surface area contributed by atoms with E-state index >= 15 is 0 Å². The van der Waals surface area contributed by atoms with Crippen LogP contribution in [-0.2, 0) is 6.42 Å². The standard InChI is InChI=1S/C17H24N2/c1-2-9-17-18-15-12-7-8-13-16(15)19(17)14-10-5-3-4-6-11-14/h7-8,12-14H,2-6,9-11H2,1H3. The largest absolute Gasteiger partial charge is 0.325 e. The van der Waals surface area contributed by atoms with E-state index < -0.39 is 0 Å². The van der Waals surface area contributed by atoms with Gasteiger partial charge in [0.1, 0.15) is 5.82 Å². The van der Waals surface area contributed by atoms with Crippen LogP contribution >= 0.6 is 0 Å². The van der Waals surface area contributed by atoms with Crippen molar-refractivity contribution in [2.45, 2.75) is 64.3 Å². The molecule has 0 aliphatic heterocycles. The topological polar surface area (TPSA) is 17.8 Å². The Hall–Kier alpha value is -1.31. The Morgan fingerprint density at radius 1 is 1.11 bits per heavy atom. The highest BCUT2D eigenvalue weighted by Gasteiger charge is 2.19. The highest BCUT2D eigenvalue weighted by molar-refractivity contribution is 5.76. The molecule has 0 amide bonds. The van der Waals surface area contributed by atoms with Crippen LogP contribution < -0.4 is 0 Å². The number of para-hydroxylation sites is 2. The molecule has 0 saturated heterocycles. The van der Waals surface area contributed by atoms with Crippen LogP contribution in [0.2, 0.25) is 0 Å². The summed E-state index contributed by atoms with van der Waals surface area (Å²) in [6, 6.07) is 9.32. The number of hydrogen-bond donors (Lipinski definition) is 0. The molecular weight excluding hydrogens is 232 g/mol. The molecule has 1 aliphatic carbocycles. The first-order valence-corrected chi connectivity index (χ1v) is 7.86. The van der Waals surface area contributed by atoms with Crippen LogP contribution in [0.1, 0.15) is 63.7 Å². The monoisotopic (exact) mass is 256 g/mol. The number of aromatic nitrogens is 2. The first-order valence-electron chi connectivity index (χ1n) is 7.86. The molecule has 0 atom stereocenters. The SMILES string of the molecule is CCCc1nc2ccccc2n1C1CCCCCC1. The summed E-state index contributed by atoms with van der Waals surface area (Å²) in [5.74, 6) is 1.30. The summed E-state index contributed by atoms with van der Waals surface area (Å²) in [7, 11) is 0. The maximum atomic E-state index is 4.87. The number of fused-ring (bicyclic) bond motifs is 1. The van der Waals surface area contributed by atoms with Gasteiger partial charge in [0.25, 0.3) is 0 Å². The minimum absolute atomic E-state index is 0.677. The highest BCUT2D eigenvalue weighted by Crippen LogP contribution is 2.31. The number of imidazole rings is 1. The molecule has 2 heteroatoms. The number of hydrogen-bond acceptors (Lipinski definition) is 1. The molecule has 2 aromatic rings. The van der Waals surface area contributed by atoms with Crippen molar-refractivity contribution in [3.8, 4) is 0 Å². The summed E-state index contributed by atoms with van der Waals surface area (Å²) in [5, 5.41) is 0. The fourth-order valence-corrected chi connectivity index (χ4v) is 3.42. The smallest absolute Gasteiger partial charge is 0.110 e. The molecule has 19 heavy (non-hydrogen) atoms. The third-order valence-electron chi connectivity index (χ3n) is 4.33. The van der Waals surface area contributed by atoms with E-state index in [2.05, 4.69) is 35.8 Å². The predicted octanol–water partition coefficient (Wildman–Crippen LogP) is 4.88. The number of benzene rings is 1. The van der Waals surface area contributed by atoms with Gasteiger partial charge in [-0.3, -0.25) is 0 Å². The van der Waals surface area contributed by atoms with Crippen LogP contribution in [0.3, 0.4) is 0 Å². The number of aryl methyl sites for hydroxylation is 1. The lowest BCUT2D eigenvalue weighted by Gasteiger charge is -2.20. The van der Waals surface area contributed by atoms with Gasteiger partial charge in [-0.1, -0.05) is 44.7 Å². The lowest BCUT2D eigenvalue weighted by Crippen LogP contribution is -2.11. The summed E-state index contributed by atoms with van der Waals surface area (Å²) in [5.41, 5.74) is 2.52. The summed E-state index contributed by atoms with van der Waals surface area (Å²) < 4.78 is 2.56. The van der Waals surface area contributed by atoms with Crippen molar-refractivity contribution in [2.24, 2.45) is 0 Å². The summed E-state index contributed by atoms with van der Waals surface area (Å²) >= 11 is 0. The normalized spacial score (nSPS) is 17.7. The second-order valence-electron chi connectivity index (χ2n) is 5.78. The summed E-state index contributed by atoms with van der Waals surface area (Å²) in [6.45, 7) is 2.25. The van der Waals surface area contributed by atoms with Crippen LogP contribution in [0.25, 0.3) is 11.0 Å². The minimum atomic E-state index is 0.677. The predicted molar refractivity (Wildman–Crippen MR) is 80.5 cm³/mol. The van der Waals surface area contributed by atoms with Crippen molar-refractivity contribution in [3.05, 3.63) is 30.1 Å². The summed E-state index contributed by atoms with van der Waals surface area (Å²) in [4.78, 5) is 4.87. The van der Waals surface area contributed by atoms with E-state index in [0.717, 1.165) is 6.42 Å². The van der Waals surface area contributed by atoms with Gasteiger partial charge in [-0.15, -0.1) is 0 Å². The lowest BCUT2D eigenvalue weighted by molar-refractivity contribution is 0.439. The van der Waals surface area contributed by atoms with E-state index in [1.807, 2.05) is 0 Å². The van der Waals surface area contributed by atoms with Crippen LogP contribution in [0, 0.1) is 0 Å². The van der Waals surface area contributed by atoms with Gasteiger partial charge in [0.05, 0.1) is 11.0 Å². The van der Waals surface area contributed by atoms with Crippen molar-refractivity contribution in [3.63, 3.8) is 0 Å². The van der Waals surface area contributed by atoms with Crippen LogP contribution in [0.15, 0.2) is 24.3 Å². The second kappa shape index (κ2) is 5.77. The van der Waals surface area contributed by atoms with Crippen LogP contribution in [0.5, 0.6) is 0 Å². The molecule has 1 saturated carbocycles. The van der Waals surface area contributed by atoms with Crippen LogP contribution in [-0.4, -0.2) is 9.55 Å². The van der Waals surface area contributed by atoms with E-state index in [1.165, 1.54) is 61.8 Å². The zero-order chi connectivity index (χ0) is 13.1. The van der Waals surface area contributed by atoms with Gasteiger partial charge in [0.15, 0.2) is 0 Å². The van der Waals surface area contributed by atoms with Crippen molar-refractivity contribution >= 4 is 11.0 Å². The second-order valence-corrected chi connectivity index (χ2v) is 5.78. The van der Waals surface area contributed by atoms with E-state index in [0.29, 0.717) is 6.04 Å². The molecule has 1 aromatic heterocycles. The van der Waals surface area contributed by atoms with E-state index in [-0.39, 0.29) is 0 Å². The van der Waals surface area contributed by atoms with Gasteiger partial charge in [-0.05, 0) is 31.4 Å². The Morgan fingerprint density at radius 3 is 2.58 bits per heavy atom. The molecule has 0 N–H and O–H groups in total. The van der Waals surface area contributed by atoms with Gasteiger partial charge in [0, 0.05) is 12.5 Å². The lowest BCUT2D eigenvalue weighted by atomic mass is 10.1. The average Bonchev–Trinajstić information content (AvgIpc) is 2.61. The van der Waals surface area contributed by atoms with Gasteiger partial charge < -0.3 is 4.57 Å². The highest BCUT2D eigenvalue weighted by atomic mass is 15.1. The first kappa shape index (κ1) is 12.7. The van der Waals surface area contributed by atoms with Gasteiger partial charge in [-0.25, -0.2) is 4.98 Å². The van der Waals surface area contributed by atoms with Gasteiger partial charge >= 0.3 is 0 Å². The van der Waals surface area contributed by atoms with E-state index in [1.54, 1.807) is 0 Å². The Bertz CT molecular complexity index is 533. The molecule has 1 aromatic carbocycles. The minimum Gasteiger partial charge on any atom is -0.325 e. The third kappa shape index (κ3) is 2.54. The molecule has 0 bridgehead atoms. The fourth-order valence-electron chi connectivity index (χ4n) is 3.42. The molecule has 2 nitrogen and oxygen atoms in total. The molecule has 0 unspecified atom stereocenters.